The summed E-state index contributed by atoms with van der Waals surface area (Å²) in [5.74, 6) is 1.73. The van der Waals surface area contributed by atoms with E-state index < -0.39 is 0 Å². The number of ether oxygens (including phenoxy) is 2. The Kier molecular flexibility index (Phi) is 10.4. The van der Waals surface area contributed by atoms with Crippen LogP contribution in [0.15, 0.2) is 47.5 Å². The van der Waals surface area contributed by atoms with E-state index in [1.165, 1.54) is 5.56 Å². The van der Waals surface area contributed by atoms with Crippen molar-refractivity contribution in [3.8, 4) is 11.5 Å². The maximum Gasteiger partial charge on any atom is 0.193 e. The Morgan fingerprint density at radius 1 is 0.968 bits per heavy atom. The highest BCUT2D eigenvalue weighted by molar-refractivity contribution is 14.0. The van der Waals surface area contributed by atoms with Crippen LogP contribution in [0.3, 0.4) is 0 Å². The Labute approximate surface area is 202 Å². The first-order valence-corrected chi connectivity index (χ1v) is 10.4. The van der Waals surface area contributed by atoms with Crippen molar-refractivity contribution in [2.24, 2.45) is 10.7 Å². The molecule has 0 spiro atoms. The van der Waals surface area contributed by atoms with Crippen LogP contribution in [0.4, 0.5) is 5.69 Å². The fourth-order valence-corrected chi connectivity index (χ4v) is 3.54. The lowest BCUT2D eigenvalue weighted by atomic mass is 10.1. The smallest absolute Gasteiger partial charge is 0.193 e. The number of anilines is 1. The summed E-state index contributed by atoms with van der Waals surface area (Å²) in [5.41, 5.74) is 9.25. The Balaban J connectivity index is 0.00000341. The molecule has 0 aliphatic carbocycles. The van der Waals surface area contributed by atoms with Crippen molar-refractivity contribution in [1.82, 2.24) is 9.80 Å². The normalized spacial score (nSPS) is 15.3. The van der Waals surface area contributed by atoms with Crippen LogP contribution in [0.25, 0.3) is 0 Å². The summed E-state index contributed by atoms with van der Waals surface area (Å²) in [6, 6.07) is 14.1. The van der Waals surface area contributed by atoms with Gasteiger partial charge in [0.25, 0.3) is 0 Å². The first-order chi connectivity index (χ1) is 14.6. The summed E-state index contributed by atoms with van der Waals surface area (Å²) >= 11 is 0. The molecular weight excluding hydrogens is 505 g/mol. The fourth-order valence-electron chi connectivity index (χ4n) is 3.54. The van der Waals surface area contributed by atoms with Gasteiger partial charge in [0.15, 0.2) is 5.96 Å². The minimum absolute atomic E-state index is 0. The van der Waals surface area contributed by atoms with Gasteiger partial charge in [0, 0.05) is 38.8 Å². The zero-order valence-corrected chi connectivity index (χ0v) is 21.0. The van der Waals surface area contributed by atoms with Crippen molar-refractivity contribution in [3.63, 3.8) is 0 Å². The average molecular weight is 539 g/mol. The SMILES string of the molecule is CCN1CCN(Cc2ccc(CN=C(N)Nc3cc(OC)ccc3OC)cc2)CC1.I. The molecule has 2 aromatic carbocycles. The van der Waals surface area contributed by atoms with E-state index in [0.29, 0.717) is 18.3 Å². The van der Waals surface area contributed by atoms with Crippen molar-refractivity contribution in [3.05, 3.63) is 53.6 Å². The lowest BCUT2D eigenvalue weighted by Gasteiger charge is -2.34. The zero-order valence-electron chi connectivity index (χ0n) is 18.6. The molecule has 0 bridgehead atoms. The molecule has 2 aromatic rings. The van der Waals surface area contributed by atoms with E-state index in [2.05, 4.69) is 51.3 Å². The number of halogens is 1. The molecule has 0 aromatic heterocycles. The Morgan fingerprint density at radius 2 is 1.61 bits per heavy atom. The minimum Gasteiger partial charge on any atom is -0.497 e. The molecule has 7 nitrogen and oxygen atoms in total. The quantitative estimate of drug-likeness (QED) is 0.305. The molecule has 170 valence electrons. The molecule has 0 amide bonds. The second-order valence-corrected chi connectivity index (χ2v) is 7.42. The van der Waals surface area contributed by atoms with Crippen LogP contribution in [0.5, 0.6) is 11.5 Å². The third-order valence-corrected chi connectivity index (χ3v) is 5.44. The molecule has 0 radical (unpaired) electrons. The van der Waals surface area contributed by atoms with Crippen molar-refractivity contribution in [2.75, 3.05) is 52.3 Å². The van der Waals surface area contributed by atoms with Gasteiger partial charge in [-0.05, 0) is 29.8 Å². The molecule has 0 saturated carbocycles. The second kappa shape index (κ2) is 12.7. The summed E-state index contributed by atoms with van der Waals surface area (Å²) in [6.07, 6.45) is 0. The molecule has 3 N–H and O–H groups in total. The Bertz CT molecular complexity index is 836. The van der Waals surface area contributed by atoms with E-state index in [-0.39, 0.29) is 24.0 Å². The van der Waals surface area contributed by atoms with Crippen molar-refractivity contribution in [1.29, 1.82) is 0 Å². The zero-order chi connectivity index (χ0) is 21.3. The number of methoxy groups -OCH3 is 2. The predicted octanol–water partition coefficient (Wildman–Crippen LogP) is 3.39. The van der Waals surface area contributed by atoms with Crippen LogP contribution in [-0.4, -0.2) is 62.7 Å². The van der Waals surface area contributed by atoms with E-state index in [4.69, 9.17) is 15.2 Å². The van der Waals surface area contributed by atoms with Crippen LogP contribution >= 0.6 is 24.0 Å². The van der Waals surface area contributed by atoms with E-state index >= 15 is 0 Å². The number of hydrogen-bond acceptors (Lipinski definition) is 5. The van der Waals surface area contributed by atoms with Gasteiger partial charge in [0.2, 0.25) is 0 Å². The van der Waals surface area contributed by atoms with Gasteiger partial charge in [-0.3, -0.25) is 4.90 Å². The van der Waals surface area contributed by atoms with Gasteiger partial charge in [-0.25, -0.2) is 4.99 Å². The number of aliphatic imine (C=N–C) groups is 1. The van der Waals surface area contributed by atoms with Gasteiger partial charge >= 0.3 is 0 Å². The molecule has 31 heavy (non-hydrogen) atoms. The summed E-state index contributed by atoms with van der Waals surface area (Å²) < 4.78 is 10.6. The number of nitrogens with two attached hydrogens (primary N) is 1. The second-order valence-electron chi connectivity index (χ2n) is 7.42. The van der Waals surface area contributed by atoms with Gasteiger partial charge in [0.05, 0.1) is 26.5 Å². The molecule has 8 heteroatoms. The monoisotopic (exact) mass is 539 g/mol. The average Bonchev–Trinajstić information content (AvgIpc) is 2.79. The van der Waals surface area contributed by atoms with E-state index in [0.717, 1.165) is 56.3 Å². The highest BCUT2D eigenvalue weighted by Gasteiger charge is 2.15. The number of piperazine rings is 1. The molecule has 0 atom stereocenters. The highest BCUT2D eigenvalue weighted by atomic mass is 127. The number of benzene rings is 2. The molecular formula is C23H34IN5O2. The number of hydrogen-bond donors (Lipinski definition) is 2. The van der Waals surface area contributed by atoms with Crippen LogP contribution in [0.1, 0.15) is 18.1 Å². The number of likely N-dealkylation sites (N-methyl/N-ethyl adjacent to an activating group) is 1. The Morgan fingerprint density at radius 3 is 2.23 bits per heavy atom. The maximum atomic E-state index is 6.08. The highest BCUT2D eigenvalue weighted by Crippen LogP contribution is 2.28. The lowest BCUT2D eigenvalue weighted by Crippen LogP contribution is -2.45. The molecule has 1 aliphatic heterocycles. The summed E-state index contributed by atoms with van der Waals surface area (Å²) in [6.45, 7) is 9.48. The number of nitrogens with zero attached hydrogens (tertiary/aromatic N) is 3. The summed E-state index contributed by atoms with van der Waals surface area (Å²) in [7, 11) is 3.24. The van der Waals surface area contributed by atoms with Gasteiger partial charge in [0.1, 0.15) is 11.5 Å². The largest absolute Gasteiger partial charge is 0.497 e. The third kappa shape index (κ3) is 7.55. The molecule has 1 heterocycles. The predicted molar refractivity (Wildman–Crippen MR) is 138 cm³/mol. The first kappa shape index (κ1) is 25.2. The van der Waals surface area contributed by atoms with Crippen molar-refractivity contribution in [2.45, 2.75) is 20.0 Å². The van der Waals surface area contributed by atoms with E-state index in [1.807, 2.05) is 18.2 Å². The maximum absolute atomic E-state index is 6.08. The van der Waals surface area contributed by atoms with Gasteiger partial charge in [-0.2, -0.15) is 0 Å². The van der Waals surface area contributed by atoms with Crippen LogP contribution in [0, 0.1) is 0 Å². The van der Waals surface area contributed by atoms with Crippen molar-refractivity contribution < 1.29 is 9.47 Å². The van der Waals surface area contributed by atoms with Gasteiger partial charge in [-0.15, -0.1) is 24.0 Å². The lowest BCUT2D eigenvalue weighted by molar-refractivity contribution is 0.132. The molecule has 1 saturated heterocycles. The Hall–Kier alpha value is -2.04. The molecule has 1 fully saturated rings. The van der Waals surface area contributed by atoms with Gasteiger partial charge < -0.3 is 25.4 Å². The van der Waals surface area contributed by atoms with Crippen molar-refractivity contribution >= 4 is 35.6 Å². The first-order valence-electron chi connectivity index (χ1n) is 10.4. The minimum atomic E-state index is 0. The van der Waals surface area contributed by atoms with E-state index in [9.17, 15) is 0 Å². The van der Waals surface area contributed by atoms with Crippen LogP contribution in [0.2, 0.25) is 0 Å². The standard InChI is InChI=1S/C23H33N5O2.HI/c1-4-27-11-13-28(14-12-27)17-19-7-5-18(6-8-19)16-25-23(24)26-21-15-20(29-2)9-10-22(21)30-3;/h5-10,15H,4,11-14,16-17H2,1-3H3,(H3,24,25,26);1H. The van der Waals surface area contributed by atoms with Gasteiger partial charge in [-0.1, -0.05) is 31.2 Å². The molecule has 3 rings (SSSR count). The topological polar surface area (TPSA) is 75.4 Å². The van der Waals surface area contributed by atoms with Crippen LogP contribution in [-0.2, 0) is 13.1 Å². The fraction of sp³-hybridized carbons (Fsp3) is 0.435. The molecule has 1 aliphatic rings. The number of guanidine groups is 1. The molecule has 0 unspecified atom stereocenters. The summed E-state index contributed by atoms with van der Waals surface area (Å²) in [5, 5.41) is 3.09. The summed E-state index contributed by atoms with van der Waals surface area (Å²) in [4.78, 5) is 9.47. The van der Waals surface area contributed by atoms with E-state index in [1.54, 1.807) is 14.2 Å². The van der Waals surface area contributed by atoms with Crippen LogP contribution < -0.4 is 20.5 Å². The third-order valence-electron chi connectivity index (χ3n) is 5.44. The number of rotatable bonds is 8. The number of nitrogens with one attached hydrogen (secondary N) is 1.